The molecule has 1 unspecified atom stereocenters. The van der Waals surface area contributed by atoms with E-state index in [0.717, 1.165) is 12.0 Å². The van der Waals surface area contributed by atoms with Crippen LogP contribution in [0.25, 0.3) is 0 Å². The van der Waals surface area contributed by atoms with Gasteiger partial charge in [-0.3, -0.25) is 0 Å². The van der Waals surface area contributed by atoms with Gasteiger partial charge in [-0.2, -0.15) is 0 Å². The second kappa shape index (κ2) is 11.6. The topological polar surface area (TPSA) is 40.5 Å². The smallest absolute Gasteiger partial charge is 0.0681 e. The average molecular weight is 238 g/mol. The first-order chi connectivity index (χ1) is 8.20. The molecule has 0 aromatic heterocycles. The second-order valence-electron chi connectivity index (χ2n) is 4.34. The van der Waals surface area contributed by atoms with Crippen molar-refractivity contribution in [1.82, 2.24) is 0 Å². The molecule has 2 nitrogen and oxygen atoms in total. The summed E-state index contributed by atoms with van der Waals surface area (Å²) in [5.41, 5.74) is 0.965. The molecule has 0 bridgehead atoms. The Bertz CT molecular complexity index is 244. The third-order valence-corrected chi connectivity index (χ3v) is 2.50. The summed E-state index contributed by atoms with van der Waals surface area (Å²) < 4.78 is 0. The maximum atomic E-state index is 8.85. The first kappa shape index (κ1) is 16.1. The standard InChI is InChI=1S/C8H18O.C7H8O/c1-3-4-5-6-7-8(2)9;8-6-7-4-2-1-3-5-7/h8-9H,3-7H2,1-2H3;1-5,8H,6H2. The molecule has 0 aliphatic rings. The van der Waals surface area contributed by atoms with Gasteiger partial charge < -0.3 is 10.2 Å². The van der Waals surface area contributed by atoms with Gasteiger partial charge in [0.05, 0.1) is 12.7 Å². The molecule has 2 N–H and O–H groups in total. The molecule has 2 heteroatoms. The minimum absolute atomic E-state index is 0.0955. The van der Waals surface area contributed by atoms with Gasteiger partial charge >= 0.3 is 0 Å². The lowest BCUT2D eigenvalue weighted by molar-refractivity contribution is 0.180. The Kier molecular flexibility index (Phi) is 11.0. The predicted octanol–water partition coefficient (Wildman–Crippen LogP) is 3.52. The van der Waals surface area contributed by atoms with E-state index in [1.165, 1.54) is 25.7 Å². The van der Waals surface area contributed by atoms with E-state index in [1.54, 1.807) is 0 Å². The monoisotopic (exact) mass is 238 g/mol. The summed E-state index contributed by atoms with van der Waals surface area (Å²) in [4.78, 5) is 0. The summed E-state index contributed by atoms with van der Waals surface area (Å²) in [5.74, 6) is 0. The van der Waals surface area contributed by atoms with Crippen molar-refractivity contribution < 1.29 is 10.2 Å². The first-order valence-corrected chi connectivity index (χ1v) is 6.53. The maximum Gasteiger partial charge on any atom is 0.0681 e. The third-order valence-electron chi connectivity index (χ3n) is 2.50. The van der Waals surface area contributed by atoms with Crippen LogP contribution in [0.1, 0.15) is 51.5 Å². The first-order valence-electron chi connectivity index (χ1n) is 6.53. The van der Waals surface area contributed by atoms with Crippen molar-refractivity contribution in [3.05, 3.63) is 35.9 Å². The van der Waals surface area contributed by atoms with Gasteiger partial charge in [-0.15, -0.1) is 0 Å². The largest absolute Gasteiger partial charge is 0.393 e. The van der Waals surface area contributed by atoms with E-state index in [2.05, 4.69) is 6.92 Å². The third kappa shape index (κ3) is 11.4. The van der Waals surface area contributed by atoms with Gasteiger partial charge in [0, 0.05) is 0 Å². The molecule has 0 spiro atoms. The fourth-order valence-electron chi connectivity index (χ4n) is 1.45. The highest BCUT2D eigenvalue weighted by Gasteiger charge is 1.93. The molecule has 0 fully saturated rings. The van der Waals surface area contributed by atoms with Crippen LogP contribution in [0.3, 0.4) is 0 Å². The molecule has 1 atom stereocenters. The van der Waals surface area contributed by atoms with Crippen LogP contribution in [0, 0.1) is 0 Å². The van der Waals surface area contributed by atoms with Crippen molar-refractivity contribution in [2.24, 2.45) is 0 Å². The molecule has 0 aliphatic carbocycles. The van der Waals surface area contributed by atoms with Crippen LogP contribution < -0.4 is 0 Å². The lowest BCUT2D eigenvalue weighted by Gasteiger charge is -2.01. The molecule has 98 valence electrons. The Labute approximate surface area is 105 Å². The molecule has 1 aromatic rings. The molecule has 0 saturated carbocycles. The van der Waals surface area contributed by atoms with Crippen molar-refractivity contribution in [3.8, 4) is 0 Å². The Morgan fingerprint density at radius 1 is 1.06 bits per heavy atom. The molecule has 1 aromatic carbocycles. The summed E-state index contributed by atoms with van der Waals surface area (Å²) >= 11 is 0. The summed E-state index contributed by atoms with van der Waals surface area (Å²) in [6.45, 7) is 4.19. The number of benzene rings is 1. The van der Waals surface area contributed by atoms with Crippen molar-refractivity contribution >= 4 is 0 Å². The van der Waals surface area contributed by atoms with Gasteiger partial charge in [-0.1, -0.05) is 62.9 Å². The van der Waals surface area contributed by atoms with E-state index in [9.17, 15) is 0 Å². The van der Waals surface area contributed by atoms with Crippen molar-refractivity contribution in [2.45, 2.75) is 58.7 Å². The van der Waals surface area contributed by atoms with Gasteiger partial charge in [0.25, 0.3) is 0 Å². The van der Waals surface area contributed by atoms with Crippen molar-refractivity contribution in [2.75, 3.05) is 0 Å². The van der Waals surface area contributed by atoms with E-state index in [0.29, 0.717) is 0 Å². The van der Waals surface area contributed by atoms with Gasteiger partial charge in [-0.25, -0.2) is 0 Å². The Balaban J connectivity index is 0.000000302. The molecule has 0 heterocycles. The normalized spacial score (nSPS) is 11.5. The van der Waals surface area contributed by atoms with Crippen molar-refractivity contribution in [3.63, 3.8) is 0 Å². The molecule has 0 aliphatic heterocycles. The van der Waals surface area contributed by atoms with Crippen LogP contribution in [0.2, 0.25) is 0 Å². The van der Waals surface area contributed by atoms with Crippen LogP contribution in [0.5, 0.6) is 0 Å². The lowest BCUT2D eigenvalue weighted by atomic mass is 10.1. The maximum absolute atomic E-state index is 8.85. The zero-order valence-electron chi connectivity index (χ0n) is 11.1. The lowest BCUT2D eigenvalue weighted by Crippen LogP contribution is -1.97. The summed E-state index contributed by atoms with van der Waals surface area (Å²) in [6.07, 6.45) is 5.93. The van der Waals surface area contributed by atoms with Crippen LogP contribution in [0.15, 0.2) is 30.3 Å². The number of hydrogen-bond acceptors (Lipinski definition) is 2. The van der Waals surface area contributed by atoms with E-state index in [1.807, 2.05) is 37.3 Å². The second-order valence-corrected chi connectivity index (χ2v) is 4.34. The van der Waals surface area contributed by atoms with Crippen LogP contribution in [0.4, 0.5) is 0 Å². The Morgan fingerprint density at radius 3 is 2.12 bits per heavy atom. The summed E-state index contributed by atoms with van der Waals surface area (Å²) in [7, 11) is 0. The number of aliphatic hydroxyl groups excluding tert-OH is 2. The van der Waals surface area contributed by atoms with Crippen molar-refractivity contribution in [1.29, 1.82) is 0 Å². The number of rotatable bonds is 6. The molecule has 0 saturated heterocycles. The van der Waals surface area contributed by atoms with Gasteiger partial charge in [-0.05, 0) is 18.9 Å². The Hall–Kier alpha value is -0.860. The number of unbranched alkanes of at least 4 members (excludes halogenated alkanes) is 3. The van der Waals surface area contributed by atoms with Crippen LogP contribution in [-0.2, 0) is 6.61 Å². The summed E-state index contributed by atoms with van der Waals surface area (Å²) in [6, 6.07) is 9.52. The molecule has 17 heavy (non-hydrogen) atoms. The number of hydrogen-bond donors (Lipinski definition) is 2. The molecule has 1 rings (SSSR count). The van der Waals surface area contributed by atoms with E-state index >= 15 is 0 Å². The fraction of sp³-hybridized carbons (Fsp3) is 0.600. The zero-order chi connectivity index (χ0) is 12.9. The highest BCUT2D eigenvalue weighted by atomic mass is 16.3. The minimum Gasteiger partial charge on any atom is -0.393 e. The van der Waals surface area contributed by atoms with Crippen LogP contribution in [-0.4, -0.2) is 16.3 Å². The van der Waals surface area contributed by atoms with E-state index < -0.39 is 0 Å². The van der Waals surface area contributed by atoms with E-state index in [-0.39, 0.29) is 12.7 Å². The van der Waals surface area contributed by atoms with Gasteiger partial charge in [0.2, 0.25) is 0 Å². The van der Waals surface area contributed by atoms with Gasteiger partial charge in [0.1, 0.15) is 0 Å². The minimum atomic E-state index is -0.0955. The molecular formula is C15H26O2. The summed E-state index contributed by atoms with van der Waals surface area (Å²) in [5, 5.41) is 17.4. The highest BCUT2D eigenvalue weighted by molar-refractivity contribution is 5.12. The molecule has 0 amide bonds. The average Bonchev–Trinajstić information content (AvgIpc) is 2.36. The molecule has 0 radical (unpaired) electrons. The van der Waals surface area contributed by atoms with Gasteiger partial charge in [0.15, 0.2) is 0 Å². The molecular weight excluding hydrogens is 212 g/mol. The van der Waals surface area contributed by atoms with E-state index in [4.69, 9.17) is 10.2 Å². The fourth-order valence-corrected chi connectivity index (χ4v) is 1.45. The zero-order valence-corrected chi connectivity index (χ0v) is 11.1. The van der Waals surface area contributed by atoms with Crippen LogP contribution >= 0.6 is 0 Å². The SMILES string of the molecule is CCCCCCC(C)O.OCc1ccccc1. The predicted molar refractivity (Wildman–Crippen MR) is 72.8 cm³/mol. The number of aliphatic hydroxyl groups is 2. The quantitative estimate of drug-likeness (QED) is 0.744. The highest BCUT2D eigenvalue weighted by Crippen LogP contribution is 2.04. The Morgan fingerprint density at radius 2 is 1.71 bits per heavy atom.